The summed E-state index contributed by atoms with van der Waals surface area (Å²) in [5, 5.41) is 0. The third kappa shape index (κ3) is 2.54. The number of rotatable bonds is 3. The average molecular weight is 280 g/mol. The lowest BCUT2D eigenvalue weighted by Gasteiger charge is -2.10. The topological polar surface area (TPSA) is 69.7 Å². The van der Waals surface area contributed by atoms with Gasteiger partial charge in [-0.25, -0.2) is 9.18 Å². The van der Waals surface area contributed by atoms with Gasteiger partial charge in [0.1, 0.15) is 0 Å². The largest absolute Gasteiger partial charge is 0.490 e. The number of benzene rings is 1. The number of hydrogen-bond acceptors (Lipinski definition) is 5. The first-order chi connectivity index (χ1) is 9.56. The molecule has 1 aliphatic rings. The molecule has 2 rings (SSSR count). The van der Waals surface area contributed by atoms with E-state index in [-0.39, 0.29) is 30.9 Å². The molecule has 0 fully saturated rings. The van der Waals surface area contributed by atoms with Gasteiger partial charge in [0.25, 0.3) is 5.78 Å². The molecule has 0 saturated carbocycles. The molecule has 1 aromatic carbocycles. The molecule has 1 unspecified atom stereocenters. The number of ether oxygens (including phenoxy) is 2. The molecule has 1 aromatic rings. The zero-order chi connectivity index (χ0) is 14.7. The van der Waals surface area contributed by atoms with Crippen LogP contribution >= 0.6 is 0 Å². The molecule has 5 nitrogen and oxygen atoms in total. The van der Waals surface area contributed by atoms with Crippen LogP contribution in [0.25, 0.3) is 0 Å². The van der Waals surface area contributed by atoms with Crippen molar-refractivity contribution in [3.63, 3.8) is 0 Å². The van der Waals surface area contributed by atoms with Crippen LogP contribution in [0.2, 0.25) is 0 Å². The maximum Gasteiger partial charge on any atom is 0.375 e. The van der Waals surface area contributed by atoms with E-state index < -0.39 is 29.3 Å². The molecule has 0 saturated heterocycles. The SMILES string of the molecule is CCOC(=O)C(=O)C1CCOc2c(F)cccc2C1=O. The lowest BCUT2D eigenvalue weighted by Crippen LogP contribution is -2.31. The molecule has 106 valence electrons. The van der Waals surface area contributed by atoms with Crippen LogP contribution in [-0.4, -0.2) is 30.7 Å². The molecule has 0 N–H and O–H groups in total. The van der Waals surface area contributed by atoms with E-state index in [1.165, 1.54) is 18.2 Å². The number of Topliss-reactive ketones (excluding diaryl/α,β-unsaturated/α-hetero) is 2. The molecule has 1 heterocycles. The summed E-state index contributed by atoms with van der Waals surface area (Å²) in [5.74, 6) is -4.60. The number of ketones is 2. The van der Waals surface area contributed by atoms with Crippen molar-refractivity contribution in [3.8, 4) is 5.75 Å². The molecular weight excluding hydrogens is 267 g/mol. The van der Waals surface area contributed by atoms with E-state index in [9.17, 15) is 18.8 Å². The highest BCUT2D eigenvalue weighted by atomic mass is 19.1. The van der Waals surface area contributed by atoms with E-state index in [4.69, 9.17) is 4.74 Å². The second-order valence-electron chi connectivity index (χ2n) is 4.26. The first-order valence-corrected chi connectivity index (χ1v) is 6.22. The van der Waals surface area contributed by atoms with Gasteiger partial charge in [-0.1, -0.05) is 6.07 Å². The molecule has 1 aliphatic heterocycles. The molecule has 20 heavy (non-hydrogen) atoms. The van der Waals surface area contributed by atoms with Crippen molar-refractivity contribution in [2.75, 3.05) is 13.2 Å². The molecule has 0 bridgehead atoms. The lowest BCUT2D eigenvalue weighted by atomic mass is 9.91. The van der Waals surface area contributed by atoms with E-state index in [1.54, 1.807) is 6.92 Å². The van der Waals surface area contributed by atoms with Gasteiger partial charge >= 0.3 is 5.97 Å². The van der Waals surface area contributed by atoms with Crippen molar-refractivity contribution in [3.05, 3.63) is 29.6 Å². The van der Waals surface area contributed by atoms with E-state index in [1.807, 2.05) is 0 Å². The van der Waals surface area contributed by atoms with Crippen molar-refractivity contribution < 1.29 is 28.2 Å². The van der Waals surface area contributed by atoms with Gasteiger partial charge in [0, 0.05) is 0 Å². The fourth-order valence-electron chi connectivity index (χ4n) is 2.04. The van der Waals surface area contributed by atoms with Crippen LogP contribution in [0.4, 0.5) is 4.39 Å². The van der Waals surface area contributed by atoms with E-state index >= 15 is 0 Å². The number of carbonyl (C=O) groups is 3. The van der Waals surface area contributed by atoms with Crippen molar-refractivity contribution in [2.24, 2.45) is 5.92 Å². The maximum atomic E-state index is 13.6. The van der Waals surface area contributed by atoms with Gasteiger partial charge in [-0.3, -0.25) is 9.59 Å². The normalized spacial score (nSPS) is 17.7. The highest BCUT2D eigenvalue weighted by molar-refractivity contribution is 6.39. The second kappa shape index (κ2) is 5.81. The van der Waals surface area contributed by atoms with Crippen LogP contribution in [0.3, 0.4) is 0 Å². The van der Waals surface area contributed by atoms with Gasteiger partial charge in [-0.15, -0.1) is 0 Å². The highest BCUT2D eigenvalue weighted by Crippen LogP contribution is 2.29. The molecule has 0 radical (unpaired) electrons. The number of para-hydroxylation sites is 1. The Labute approximate surface area is 114 Å². The predicted octanol–water partition coefficient (Wildman–Crippen LogP) is 1.54. The highest BCUT2D eigenvalue weighted by Gasteiger charge is 2.36. The Morgan fingerprint density at radius 1 is 1.45 bits per heavy atom. The molecule has 0 amide bonds. The molecule has 0 aromatic heterocycles. The van der Waals surface area contributed by atoms with Crippen LogP contribution in [0.1, 0.15) is 23.7 Å². The van der Waals surface area contributed by atoms with Gasteiger partial charge in [0.15, 0.2) is 17.3 Å². The summed E-state index contributed by atoms with van der Waals surface area (Å²) < 4.78 is 23.4. The summed E-state index contributed by atoms with van der Waals surface area (Å²) in [6.45, 7) is 1.59. The average Bonchev–Trinajstić information content (AvgIpc) is 2.59. The zero-order valence-electron chi connectivity index (χ0n) is 10.8. The fraction of sp³-hybridized carbons (Fsp3) is 0.357. The van der Waals surface area contributed by atoms with E-state index in [0.29, 0.717) is 0 Å². The van der Waals surface area contributed by atoms with Gasteiger partial charge in [0.2, 0.25) is 0 Å². The van der Waals surface area contributed by atoms with Crippen LogP contribution in [-0.2, 0) is 14.3 Å². The summed E-state index contributed by atoms with van der Waals surface area (Å²) in [4.78, 5) is 35.6. The molecular formula is C14H13FO5. The van der Waals surface area contributed by atoms with Gasteiger partial charge in [0.05, 0.1) is 24.7 Å². The van der Waals surface area contributed by atoms with Gasteiger partial charge in [-0.05, 0) is 25.5 Å². The minimum atomic E-state index is -1.18. The molecule has 0 spiro atoms. The molecule has 0 aliphatic carbocycles. The maximum absolute atomic E-state index is 13.6. The first-order valence-electron chi connectivity index (χ1n) is 6.22. The van der Waals surface area contributed by atoms with Crippen molar-refractivity contribution >= 4 is 17.5 Å². The Bertz CT molecular complexity index is 567. The van der Waals surface area contributed by atoms with Crippen LogP contribution in [0.5, 0.6) is 5.75 Å². The predicted molar refractivity (Wildman–Crippen MR) is 66.0 cm³/mol. The van der Waals surface area contributed by atoms with E-state index in [0.717, 1.165) is 0 Å². The first kappa shape index (κ1) is 14.2. The third-order valence-corrected chi connectivity index (χ3v) is 2.99. The minimum Gasteiger partial charge on any atom is -0.490 e. The number of hydrogen-bond donors (Lipinski definition) is 0. The second-order valence-corrected chi connectivity index (χ2v) is 4.26. The number of carbonyl (C=O) groups excluding carboxylic acids is 3. The van der Waals surface area contributed by atoms with Crippen LogP contribution in [0.15, 0.2) is 18.2 Å². The van der Waals surface area contributed by atoms with Crippen molar-refractivity contribution in [2.45, 2.75) is 13.3 Å². The molecule has 6 heteroatoms. The lowest BCUT2D eigenvalue weighted by molar-refractivity contribution is -0.154. The smallest absolute Gasteiger partial charge is 0.375 e. The Morgan fingerprint density at radius 3 is 2.90 bits per heavy atom. The Hall–Kier alpha value is -2.24. The summed E-state index contributed by atoms with van der Waals surface area (Å²) in [7, 11) is 0. The van der Waals surface area contributed by atoms with Crippen LogP contribution < -0.4 is 4.74 Å². The van der Waals surface area contributed by atoms with Crippen molar-refractivity contribution in [1.82, 2.24) is 0 Å². The Balaban J connectivity index is 2.32. The standard InChI is InChI=1S/C14H13FO5/c1-2-19-14(18)12(17)8-6-7-20-13-9(11(8)16)4-3-5-10(13)15/h3-5,8H,2,6-7H2,1H3. The fourth-order valence-corrected chi connectivity index (χ4v) is 2.04. The number of fused-ring (bicyclic) bond motifs is 1. The summed E-state index contributed by atoms with van der Waals surface area (Å²) in [5.41, 5.74) is -0.0230. The van der Waals surface area contributed by atoms with E-state index in [2.05, 4.69) is 4.74 Å². The summed E-state index contributed by atoms with van der Waals surface area (Å²) >= 11 is 0. The molecule has 1 atom stereocenters. The van der Waals surface area contributed by atoms with Gasteiger partial charge in [-0.2, -0.15) is 0 Å². The summed E-state index contributed by atoms with van der Waals surface area (Å²) in [6.07, 6.45) is 0.0185. The van der Waals surface area contributed by atoms with Crippen molar-refractivity contribution in [1.29, 1.82) is 0 Å². The van der Waals surface area contributed by atoms with Crippen LogP contribution in [0, 0.1) is 11.7 Å². The Kier molecular flexibility index (Phi) is 4.12. The van der Waals surface area contributed by atoms with Gasteiger partial charge < -0.3 is 9.47 Å². The third-order valence-electron chi connectivity index (χ3n) is 2.99. The zero-order valence-corrected chi connectivity index (χ0v) is 10.8. The Morgan fingerprint density at radius 2 is 2.20 bits per heavy atom. The minimum absolute atomic E-state index is 0.0184. The number of esters is 1. The number of halogens is 1. The monoisotopic (exact) mass is 280 g/mol. The summed E-state index contributed by atoms with van der Waals surface area (Å²) in [6, 6.07) is 3.89. The quantitative estimate of drug-likeness (QED) is 0.477.